The topological polar surface area (TPSA) is 96.0 Å². The molecule has 0 unspecified atom stereocenters. The van der Waals surface area contributed by atoms with Gasteiger partial charge in [-0.15, -0.1) is 0 Å². The van der Waals surface area contributed by atoms with Crippen molar-refractivity contribution in [3.8, 4) is 6.07 Å². The van der Waals surface area contributed by atoms with Crippen molar-refractivity contribution in [2.45, 2.75) is 12.8 Å². The van der Waals surface area contributed by atoms with E-state index in [4.69, 9.17) is 11.0 Å². The first-order chi connectivity index (χ1) is 8.15. The fourth-order valence-electron chi connectivity index (χ4n) is 1.45. The van der Waals surface area contributed by atoms with Crippen molar-refractivity contribution in [3.05, 3.63) is 35.4 Å². The number of hydrogen-bond acceptors (Lipinski definition) is 3. The molecule has 1 rings (SSSR count). The highest BCUT2D eigenvalue weighted by atomic mass is 16.1. The zero-order valence-corrected chi connectivity index (χ0v) is 9.27. The molecule has 2 amide bonds. The number of rotatable bonds is 5. The van der Waals surface area contributed by atoms with E-state index in [1.807, 2.05) is 6.07 Å². The standard InChI is InChI=1S/C12H13N3O2/c13-7-8-15-11(16)6-5-9-3-1-2-4-10(9)12(14)17/h1-4H,5-6,8H2,(H2,14,17)(H,15,16). The second-order valence-corrected chi connectivity index (χ2v) is 3.46. The molecule has 0 spiro atoms. The Morgan fingerprint density at radius 2 is 2.06 bits per heavy atom. The van der Waals surface area contributed by atoms with Gasteiger partial charge in [0.25, 0.3) is 0 Å². The van der Waals surface area contributed by atoms with Gasteiger partial charge in [0.05, 0.1) is 6.07 Å². The van der Waals surface area contributed by atoms with E-state index in [9.17, 15) is 9.59 Å². The fourth-order valence-corrected chi connectivity index (χ4v) is 1.45. The molecule has 0 fully saturated rings. The van der Waals surface area contributed by atoms with E-state index in [1.54, 1.807) is 24.3 Å². The molecule has 5 heteroatoms. The monoisotopic (exact) mass is 231 g/mol. The maximum Gasteiger partial charge on any atom is 0.248 e. The number of benzene rings is 1. The molecule has 0 saturated carbocycles. The quantitative estimate of drug-likeness (QED) is 0.716. The third-order valence-electron chi connectivity index (χ3n) is 2.27. The van der Waals surface area contributed by atoms with Gasteiger partial charge in [0.1, 0.15) is 6.54 Å². The number of nitrogens with zero attached hydrogens (tertiary/aromatic N) is 1. The van der Waals surface area contributed by atoms with E-state index >= 15 is 0 Å². The minimum absolute atomic E-state index is 0.00367. The van der Waals surface area contributed by atoms with Gasteiger partial charge in [-0.2, -0.15) is 5.26 Å². The van der Waals surface area contributed by atoms with Crippen LogP contribution in [0.3, 0.4) is 0 Å². The molecule has 0 aliphatic heterocycles. The highest BCUT2D eigenvalue weighted by Gasteiger charge is 2.08. The van der Waals surface area contributed by atoms with Gasteiger partial charge in [-0.25, -0.2) is 0 Å². The molecular weight excluding hydrogens is 218 g/mol. The fraction of sp³-hybridized carbons (Fsp3) is 0.250. The average molecular weight is 231 g/mol. The molecule has 0 heterocycles. The van der Waals surface area contributed by atoms with Gasteiger partial charge >= 0.3 is 0 Å². The molecule has 0 aliphatic carbocycles. The molecule has 3 N–H and O–H groups in total. The normalized spacial score (nSPS) is 9.35. The van der Waals surface area contributed by atoms with Gasteiger partial charge in [-0.1, -0.05) is 18.2 Å². The van der Waals surface area contributed by atoms with E-state index in [1.165, 1.54) is 0 Å². The van der Waals surface area contributed by atoms with Gasteiger partial charge in [-0.3, -0.25) is 9.59 Å². The number of nitrogens with one attached hydrogen (secondary N) is 1. The van der Waals surface area contributed by atoms with Crippen LogP contribution in [0.4, 0.5) is 0 Å². The number of nitriles is 1. The second-order valence-electron chi connectivity index (χ2n) is 3.46. The minimum Gasteiger partial charge on any atom is -0.366 e. The van der Waals surface area contributed by atoms with Crippen LogP contribution >= 0.6 is 0 Å². The third kappa shape index (κ3) is 3.95. The van der Waals surface area contributed by atoms with Crippen molar-refractivity contribution in [3.63, 3.8) is 0 Å². The maximum absolute atomic E-state index is 11.3. The van der Waals surface area contributed by atoms with Crippen molar-refractivity contribution >= 4 is 11.8 Å². The lowest BCUT2D eigenvalue weighted by Gasteiger charge is -2.05. The number of nitrogens with two attached hydrogens (primary N) is 1. The smallest absolute Gasteiger partial charge is 0.248 e. The van der Waals surface area contributed by atoms with Crippen LogP contribution in [-0.2, 0) is 11.2 Å². The van der Waals surface area contributed by atoms with Crippen LogP contribution in [0.1, 0.15) is 22.3 Å². The van der Waals surface area contributed by atoms with Crippen LogP contribution in [0.25, 0.3) is 0 Å². The Bertz CT molecular complexity index is 463. The number of amides is 2. The summed E-state index contributed by atoms with van der Waals surface area (Å²) in [5, 5.41) is 10.7. The van der Waals surface area contributed by atoms with E-state index < -0.39 is 5.91 Å². The van der Waals surface area contributed by atoms with E-state index in [0.29, 0.717) is 12.0 Å². The molecule has 0 saturated heterocycles. The Kier molecular flexibility index (Phi) is 4.70. The molecule has 1 aromatic rings. The molecule has 1 aromatic carbocycles. The second kappa shape index (κ2) is 6.28. The van der Waals surface area contributed by atoms with Crippen molar-refractivity contribution in [1.82, 2.24) is 5.32 Å². The van der Waals surface area contributed by atoms with Gasteiger partial charge in [0, 0.05) is 12.0 Å². The van der Waals surface area contributed by atoms with Gasteiger partial charge < -0.3 is 11.1 Å². The molecule has 0 bridgehead atoms. The average Bonchev–Trinajstić information content (AvgIpc) is 2.34. The summed E-state index contributed by atoms with van der Waals surface area (Å²) >= 11 is 0. The number of aryl methyl sites for hydroxylation is 1. The summed E-state index contributed by atoms with van der Waals surface area (Å²) in [6, 6.07) is 8.72. The SMILES string of the molecule is N#CCNC(=O)CCc1ccccc1C(N)=O. The summed E-state index contributed by atoms with van der Waals surface area (Å²) in [6.45, 7) is -0.00367. The Hall–Kier alpha value is -2.35. The summed E-state index contributed by atoms with van der Waals surface area (Å²) < 4.78 is 0. The van der Waals surface area contributed by atoms with Crippen LogP contribution in [0.15, 0.2) is 24.3 Å². The number of carbonyl (C=O) groups excluding carboxylic acids is 2. The van der Waals surface area contributed by atoms with Crippen molar-refractivity contribution in [1.29, 1.82) is 5.26 Å². The molecule has 0 atom stereocenters. The molecule has 88 valence electrons. The first-order valence-corrected chi connectivity index (χ1v) is 5.16. The van der Waals surface area contributed by atoms with Gasteiger partial charge in [0.2, 0.25) is 11.8 Å². The van der Waals surface area contributed by atoms with Crippen LogP contribution in [0, 0.1) is 11.3 Å². The maximum atomic E-state index is 11.3. The Morgan fingerprint density at radius 3 is 2.71 bits per heavy atom. The first kappa shape index (κ1) is 12.7. The van der Waals surface area contributed by atoms with E-state index in [2.05, 4.69) is 5.32 Å². The summed E-state index contributed by atoms with van der Waals surface area (Å²) in [5.74, 6) is -0.719. The predicted octanol–water partition coefficient (Wildman–Crippen LogP) is 0.358. The number of primary amides is 1. The zero-order chi connectivity index (χ0) is 12.7. The first-order valence-electron chi connectivity index (χ1n) is 5.16. The van der Waals surface area contributed by atoms with Gasteiger partial charge in [-0.05, 0) is 18.1 Å². The summed E-state index contributed by atoms with van der Waals surface area (Å²) in [5.41, 5.74) is 6.39. The molecular formula is C12H13N3O2. The van der Waals surface area contributed by atoms with E-state index in [-0.39, 0.29) is 18.9 Å². The Morgan fingerprint density at radius 1 is 1.35 bits per heavy atom. The summed E-state index contributed by atoms with van der Waals surface area (Å²) in [7, 11) is 0. The van der Waals surface area contributed by atoms with Crippen molar-refractivity contribution < 1.29 is 9.59 Å². The van der Waals surface area contributed by atoms with Crippen LogP contribution in [-0.4, -0.2) is 18.4 Å². The summed E-state index contributed by atoms with van der Waals surface area (Å²) in [4.78, 5) is 22.4. The van der Waals surface area contributed by atoms with Crippen molar-refractivity contribution in [2.75, 3.05) is 6.54 Å². The zero-order valence-electron chi connectivity index (χ0n) is 9.27. The molecule has 0 aromatic heterocycles. The lowest BCUT2D eigenvalue weighted by atomic mass is 10.0. The largest absolute Gasteiger partial charge is 0.366 e. The Balaban J connectivity index is 2.61. The molecule has 0 radical (unpaired) electrons. The number of hydrogen-bond donors (Lipinski definition) is 2. The highest BCUT2D eigenvalue weighted by Crippen LogP contribution is 2.10. The highest BCUT2D eigenvalue weighted by molar-refractivity contribution is 5.94. The van der Waals surface area contributed by atoms with Crippen molar-refractivity contribution in [2.24, 2.45) is 5.73 Å². The van der Waals surface area contributed by atoms with Gasteiger partial charge in [0.15, 0.2) is 0 Å². The van der Waals surface area contributed by atoms with E-state index in [0.717, 1.165) is 5.56 Å². The summed E-state index contributed by atoms with van der Waals surface area (Å²) in [6.07, 6.45) is 0.655. The molecule has 17 heavy (non-hydrogen) atoms. The van der Waals surface area contributed by atoms with Crippen LogP contribution < -0.4 is 11.1 Å². The lowest BCUT2D eigenvalue weighted by Crippen LogP contribution is -2.24. The lowest BCUT2D eigenvalue weighted by molar-refractivity contribution is -0.120. The number of carbonyl (C=O) groups is 2. The predicted molar refractivity (Wildman–Crippen MR) is 61.9 cm³/mol. The Labute approximate surface area is 99.2 Å². The minimum atomic E-state index is -0.502. The van der Waals surface area contributed by atoms with Crippen LogP contribution in [0.5, 0.6) is 0 Å². The van der Waals surface area contributed by atoms with Crippen LogP contribution in [0.2, 0.25) is 0 Å². The third-order valence-corrected chi connectivity index (χ3v) is 2.27. The molecule has 5 nitrogen and oxygen atoms in total. The molecule has 0 aliphatic rings.